The van der Waals surface area contributed by atoms with E-state index in [4.69, 9.17) is 0 Å². The Bertz CT molecular complexity index is 348. The predicted octanol–water partition coefficient (Wildman–Crippen LogP) is 4.81. The molecule has 0 saturated carbocycles. The molecule has 74 valence electrons. The fraction of sp³-hybridized carbons (Fsp3) is 0.167. The number of rotatable bonds is 0. The lowest BCUT2D eigenvalue weighted by molar-refractivity contribution is 1.48. The third kappa shape index (κ3) is 4.58. The van der Waals surface area contributed by atoms with E-state index in [2.05, 4.69) is 54.0 Å². The molecule has 0 aliphatic heterocycles. The highest BCUT2D eigenvalue weighted by Crippen LogP contribution is 2.20. The van der Waals surface area contributed by atoms with Crippen LogP contribution in [-0.4, -0.2) is 0 Å². The van der Waals surface area contributed by atoms with Crippen LogP contribution < -0.4 is 0 Å². The van der Waals surface area contributed by atoms with Gasteiger partial charge in [0.1, 0.15) is 0 Å². The predicted molar refractivity (Wildman–Crippen MR) is 67.9 cm³/mol. The van der Waals surface area contributed by atoms with Gasteiger partial charge in [0, 0.05) is 4.88 Å². The standard InChI is InChI=1S/C7H8.C5H5BrS/c1-7-5-3-2-4-6-7;1-4-2-3-5(6)7-4/h2-6H,1H3;2-3H,1H3. The summed E-state index contributed by atoms with van der Waals surface area (Å²) in [6.45, 7) is 4.18. The van der Waals surface area contributed by atoms with Crippen molar-refractivity contribution in [3.05, 3.63) is 56.7 Å². The second-order valence-corrected chi connectivity index (χ2v) is 5.67. The van der Waals surface area contributed by atoms with Crippen molar-refractivity contribution < 1.29 is 0 Å². The zero-order valence-electron chi connectivity index (χ0n) is 8.33. The lowest BCUT2D eigenvalue weighted by Crippen LogP contribution is -1.62. The van der Waals surface area contributed by atoms with Crippen LogP contribution in [0.1, 0.15) is 10.4 Å². The van der Waals surface area contributed by atoms with Gasteiger partial charge in [-0.05, 0) is 41.9 Å². The summed E-state index contributed by atoms with van der Waals surface area (Å²) in [5.41, 5.74) is 1.32. The monoisotopic (exact) mass is 268 g/mol. The van der Waals surface area contributed by atoms with Gasteiger partial charge < -0.3 is 0 Å². The van der Waals surface area contributed by atoms with Crippen LogP contribution >= 0.6 is 27.3 Å². The quantitative estimate of drug-likeness (QED) is 0.643. The Labute approximate surface area is 97.7 Å². The molecule has 0 saturated heterocycles. The summed E-state index contributed by atoms with van der Waals surface area (Å²) in [5, 5.41) is 0. The van der Waals surface area contributed by atoms with Gasteiger partial charge in [-0.25, -0.2) is 0 Å². The molecular weight excluding hydrogens is 256 g/mol. The third-order valence-corrected chi connectivity index (χ3v) is 3.19. The van der Waals surface area contributed by atoms with Gasteiger partial charge in [0.05, 0.1) is 3.79 Å². The zero-order valence-corrected chi connectivity index (χ0v) is 10.7. The summed E-state index contributed by atoms with van der Waals surface area (Å²) in [6, 6.07) is 14.4. The molecule has 2 heteroatoms. The van der Waals surface area contributed by atoms with Gasteiger partial charge in [-0.1, -0.05) is 35.9 Å². The first-order chi connectivity index (χ1) is 6.68. The van der Waals surface area contributed by atoms with Gasteiger partial charge in [-0.15, -0.1) is 11.3 Å². The third-order valence-electron chi connectivity index (χ3n) is 1.65. The molecule has 0 spiro atoms. The lowest BCUT2D eigenvalue weighted by Gasteiger charge is -1.82. The minimum absolute atomic E-state index is 1.21. The second kappa shape index (κ2) is 5.99. The molecule has 0 aliphatic rings. The Kier molecular flexibility index (Phi) is 4.91. The Morgan fingerprint density at radius 3 is 1.79 bits per heavy atom. The van der Waals surface area contributed by atoms with Crippen molar-refractivity contribution in [1.29, 1.82) is 0 Å². The molecule has 0 bridgehead atoms. The van der Waals surface area contributed by atoms with Crippen LogP contribution in [0.4, 0.5) is 0 Å². The van der Waals surface area contributed by atoms with Crippen LogP contribution in [0.25, 0.3) is 0 Å². The van der Waals surface area contributed by atoms with Crippen molar-refractivity contribution in [2.75, 3.05) is 0 Å². The molecule has 0 unspecified atom stereocenters. The summed E-state index contributed by atoms with van der Waals surface area (Å²) in [4.78, 5) is 1.35. The van der Waals surface area contributed by atoms with Gasteiger partial charge in [0.2, 0.25) is 0 Å². The van der Waals surface area contributed by atoms with E-state index in [0.29, 0.717) is 0 Å². The van der Waals surface area contributed by atoms with Crippen LogP contribution in [0.2, 0.25) is 0 Å². The topological polar surface area (TPSA) is 0 Å². The van der Waals surface area contributed by atoms with Crippen LogP contribution in [0.5, 0.6) is 0 Å². The highest BCUT2D eigenvalue weighted by atomic mass is 79.9. The number of thiophene rings is 1. The number of aryl methyl sites for hydroxylation is 2. The van der Waals surface area contributed by atoms with E-state index in [1.807, 2.05) is 18.2 Å². The maximum Gasteiger partial charge on any atom is 0.0701 e. The zero-order chi connectivity index (χ0) is 10.4. The van der Waals surface area contributed by atoms with E-state index in [1.165, 1.54) is 14.2 Å². The average Bonchev–Trinajstić information content (AvgIpc) is 2.52. The maximum absolute atomic E-state index is 3.35. The van der Waals surface area contributed by atoms with E-state index < -0.39 is 0 Å². The Balaban J connectivity index is 0.000000140. The highest BCUT2D eigenvalue weighted by Gasteiger charge is 1.86. The molecule has 0 nitrogen and oxygen atoms in total. The van der Waals surface area contributed by atoms with E-state index in [1.54, 1.807) is 11.3 Å². The Morgan fingerprint density at radius 2 is 1.57 bits per heavy atom. The molecule has 1 heterocycles. The first-order valence-electron chi connectivity index (χ1n) is 4.42. The van der Waals surface area contributed by atoms with E-state index in [0.717, 1.165) is 0 Å². The van der Waals surface area contributed by atoms with Crippen molar-refractivity contribution in [2.24, 2.45) is 0 Å². The van der Waals surface area contributed by atoms with Gasteiger partial charge in [-0.3, -0.25) is 0 Å². The van der Waals surface area contributed by atoms with Gasteiger partial charge in [0.25, 0.3) is 0 Å². The lowest BCUT2D eigenvalue weighted by atomic mass is 10.2. The fourth-order valence-corrected chi connectivity index (χ4v) is 2.42. The Morgan fingerprint density at radius 1 is 0.929 bits per heavy atom. The van der Waals surface area contributed by atoms with Crippen LogP contribution in [0, 0.1) is 13.8 Å². The van der Waals surface area contributed by atoms with Crippen molar-refractivity contribution in [1.82, 2.24) is 0 Å². The average molecular weight is 269 g/mol. The first kappa shape index (κ1) is 11.5. The molecule has 2 rings (SSSR count). The highest BCUT2D eigenvalue weighted by molar-refractivity contribution is 9.11. The number of hydrogen-bond donors (Lipinski definition) is 0. The molecule has 14 heavy (non-hydrogen) atoms. The normalized spacial score (nSPS) is 9.07. The van der Waals surface area contributed by atoms with Crippen molar-refractivity contribution in [3.8, 4) is 0 Å². The SMILES string of the molecule is Cc1ccc(Br)s1.Cc1ccccc1. The van der Waals surface area contributed by atoms with E-state index in [-0.39, 0.29) is 0 Å². The molecular formula is C12H13BrS. The molecule has 0 radical (unpaired) electrons. The minimum Gasteiger partial charge on any atom is -0.134 e. The maximum atomic E-state index is 3.35. The summed E-state index contributed by atoms with van der Waals surface area (Å²) >= 11 is 5.11. The smallest absolute Gasteiger partial charge is 0.0701 e. The van der Waals surface area contributed by atoms with Gasteiger partial charge in [0.15, 0.2) is 0 Å². The van der Waals surface area contributed by atoms with Crippen molar-refractivity contribution >= 4 is 27.3 Å². The van der Waals surface area contributed by atoms with Crippen LogP contribution in [0.3, 0.4) is 0 Å². The summed E-state index contributed by atoms with van der Waals surface area (Å²) in [6.07, 6.45) is 0. The van der Waals surface area contributed by atoms with E-state index in [9.17, 15) is 0 Å². The number of hydrogen-bond acceptors (Lipinski definition) is 1. The molecule has 2 aromatic rings. The first-order valence-corrected chi connectivity index (χ1v) is 6.03. The van der Waals surface area contributed by atoms with Crippen LogP contribution in [0.15, 0.2) is 46.3 Å². The molecule has 0 atom stereocenters. The minimum atomic E-state index is 1.21. The van der Waals surface area contributed by atoms with Crippen molar-refractivity contribution in [3.63, 3.8) is 0 Å². The molecule has 0 fully saturated rings. The van der Waals surface area contributed by atoms with Gasteiger partial charge >= 0.3 is 0 Å². The molecule has 1 aromatic heterocycles. The number of halogens is 1. The largest absolute Gasteiger partial charge is 0.134 e. The van der Waals surface area contributed by atoms with Crippen molar-refractivity contribution in [2.45, 2.75) is 13.8 Å². The summed E-state index contributed by atoms with van der Waals surface area (Å²) in [7, 11) is 0. The number of benzene rings is 1. The fourth-order valence-electron chi connectivity index (χ4n) is 0.939. The van der Waals surface area contributed by atoms with Gasteiger partial charge in [-0.2, -0.15) is 0 Å². The summed E-state index contributed by atoms with van der Waals surface area (Å²) in [5.74, 6) is 0. The molecule has 1 aromatic carbocycles. The molecule has 0 aliphatic carbocycles. The molecule has 0 amide bonds. The van der Waals surface area contributed by atoms with E-state index >= 15 is 0 Å². The molecule has 0 N–H and O–H groups in total. The Hall–Kier alpha value is -0.600. The van der Waals surface area contributed by atoms with Crippen LogP contribution in [-0.2, 0) is 0 Å². The second-order valence-electron chi connectivity index (χ2n) is 3.00. The summed E-state index contributed by atoms with van der Waals surface area (Å²) < 4.78 is 1.21.